The van der Waals surface area contributed by atoms with E-state index < -0.39 is 0 Å². The van der Waals surface area contributed by atoms with Gasteiger partial charge in [0.2, 0.25) is 0 Å². The van der Waals surface area contributed by atoms with Crippen molar-refractivity contribution in [1.82, 2.24) is 34.7 Å². The minimum absolute atomic E-state index is 0.161. The van der Waals surface area contributed by atoms with Crippen LogP contribution in [0.15, 0.2) is 65.8 Å². The molecule has 4 rings (SSSR count). The molecule has 0 saturated heterocycles. The summed E-state index contributed by atoms with van der Waals surface area (Å²) < 4.78 is 3.29. The maximum Gasteiger partial charge on any atom is 0.264 e. The Morgan fingerprint density at radius 3 is 2.62 bits per heavy atom. The summed E-state index contributed by atoms with van der Waals surface area (Å²) in [5.74, 6) is 0.276. The third kappa shape index (κ3) is 3.70. The van der Waals surface area contributed by atoms with Gasteiger partial charge in [0, 0.05) is 31.4 Å². The molecule has 0 spiro atoms. The maximum atomic E-state index is 12.9. The van der Waals surface area contributed by atoms with Gasteiger partial charge in [-0.2, -0.15) is 15.3 Å². The van der Waals surface area contributed by atoms with Gasteiger partial charge >= 0.3 is 0 Å². The second kappa shape index (κ2) is 7.55. The second-order valence-electron chi connectivity index (χ2n) is 6.62. The molecule has 0 unspecified atom stereocenters. The number of nitrogens with one attached hydrogen (secondary N) is 1. The Bertz CT molecular complexity index is 1190. The summed E-state index contributed by atoms with van der Waals surface area (Å²) in [5, 5.41) is 14.9. The number of carbonyl (C=O) groups is 1. The van der Waals surface area contributed by atoms with Gasteiger partial charge in [0.25, 0.3) is 11.5 Å². The molecule has 1 amide bonds. The number of para-hydroxylation sites is 1. The van der Waals surface area contributed by atoms with E-state index in [9.17, 15) is 9.59 Å². The first-order valence-corrected chi connectivity index (χ1v) is 8.98. The monoisotopic (exact) mass is 389 g/mol. The molecule has 1 N–H and O–H groups in total. The molecular weight excluding hydrogens is 370 g/mol. The van der Waals surface area contributed by atoms with Gasteiger partial charge in [0.15, 0.2) is 5.82 Å². The van der Waals surface area contributed by atoms with Crippen molar-refractivity contribution in [2.75, 3.05) is 7.05 Å². The molecule has 1 aromatic carbocycles. The smallest absolute Gasteiger partial charge is 0.264 e. The van der Waals surface area contributed by atoms with E-state index in [0.29, 0.717) is 23.6 Å². The number of hydrogen-bond donors (Lipinski definition) is 1. The molecule has 0 saturated carbocycles. The van der Waals surface area contributed by atoms with Gasteiger partial charge in [-0.1, -0.05) is 18.2 Å². The van der Waals surface area contributed by atoms with Crippen molar-refractivity contribution in [2.45, 2.75) is 13.5 Å². The summed E-state index contributed by atoms with van der Waals surface area (Å²) in [6.07, 6.45) is 5.16. The highest BCUT2D eigenvalue weighted by molar-refractivity contribution is 5.95. The molecule has 0 radical (unpaired) electrons. The lowest BCUT2D eigenvalue weighted by Gasteiger charge is -2.16. The molecule has 0 atom stereocenters. The Balaban J connectivity index is 1.51. The zero-order valence-electron chi connectivity index (χ0n) is 16.0. The third-order valence-corrected chi connectivity index (χ3v) is 4.54. The number of benzene rings is 1. The zero-order chi connectivity index (χ0) is 20.4. The molecule has 3 aromatic heterocycles. The molecule has 9 heteroatoms. The SMILES string of the molecule is Cc1c(C(=O)N(C)Cc2cnn(-c3ccccc3)c2)cnn1-c1ccc(=O)[nH]n1. The van der Waals surface area contributed by atoms with Crippen molar-refractivity contribution in [3.05, 3.63) is 88.2 Å². The second-order valence-corrected chi connectivity index (χ2v) is 6.62. The Hall–Kier alpha value is -4.01. The van der Waals surface area contributed by atoms with Gasteiger partial charge in [-0.05, 0) is 25.1 Å². The molecule has 0 aliphatic carbocycles. The summed E-state index contributed by atoms with van der Waals surface area (Å²) in [7, 11) is 1.73. The maximum absolute atomic E-state index is 12.9. The van der Waals surface area contributed by atoms with Crippen molar-refractivity contribution in [1.29, 1.82) is 0 Å². The van der Waals surface area contributed by atoms with E-state index >= 15 is 0 Å². The highest BCUT2D eigenvalue weighted by Crippen LogP contribution is 2.15. The number of aromatic amines is 1. The number of hydrogen-bond acceptors (Lipinski definition) is 5. The molecule has 9 nitrogen and oxygen atoms in total. The first kappa shape index (κ1) is 18.4. The Labute approximate surface area is 166 Å². The van der Waals surface area contributed by atoms with E-state index in [2.05, 4.69) is 20.4 Å². The lowest BCUT2D eigenvalue weighted by atomic mass is 10.2. The lowest BCUT2D eigenvalue weighted by Crippen LogP contribution is -2.26. The Morgan fingerprint density at radius 2 is 1.90 bits per heavy atom. The number of nitrogens with zero attached hydrogens (tertiary/aromatic N) is 6. The zero-order valence-corrected chi connectivity index (χ0v) is 16.0. The standard InChI is InChI=1S/C20H19N7O2/c1-14-17(11-22-27(14)18-8-9-19(28)24-23-18)20(29)25(2)12-15-10-21-26(13-15)16-6-4-3-5-7-16/h3-11,13H,12H2,1-2H3,(H,24,28). The van der Waals surface area contributed by atoms with Crippen molar-refractivity contribution >= 4 is 5.91 Å². The van der Waals surface area contributed by atoms with Crippen LogP contribution in [0.1, 0.15) is 21.6 Å². The average Bonchev–Trinajstić information content (AvgIpc) is 3.35. The van der Waals surface area contributed by atoms with Gasteiger partial charge in [-0.25, -0.2) is 14.5 Å². The van der Waals surface area contributed by atoms with Crippen LogP contribution in [0.25, 0.3) is 11.5 Å². The van der Waals surface area contributed by atoms with Crippen LogP contribution in [0.5, 0.6) is 0 Å². The molecule has 0 fully saturated rings. The van der Waals surface area contributed by atoms with Crippen molar-refractivity contribution < 1.29 is 4.79 Å². The van der Waals surface area contributed by atoms with E-state index in [-0.39, 0.29) is 11.5 Å². The van der Waals surface area contributed by atoms with Crippen LogP contribution in [-0.2, 0) is 6.54 Å². The lowest BCUT2D eigenvalue weighted by molar-refractivity contribution is 0.0784. The predicted molar refractivity (Wildman–Crippen MR) is 106 cm³/mol. The van der Waals surface area contributed by atoms with Crippen LogP contribution in [-0.4, -0.2) is 47.6 Å². The number of rotatable bonds is 5. The highest BCUT2D eigenvalue weighted by atomic mass is 16.2. The quantitative estimate of drug-likeness (QED) is 0.560. The number of amides is 1. The van der Waals surface area contributed by atoms with E-state index in [0.717, 1.165) is 11.3 Å². The molecule has 146 valence electrons. The summed E-state index contributed by atoms with van der Waals surface area (Å²) in [4.78, 5) is 25.7. The Kier molecular flexibility index (Phi) is 4.78. The van der Waals surface area contributed by atoms with Gasteiger partial charge in [-0.3, -0.25) is 9.59 Å². The van der Waals surface area contributed by atoms with Crippen LogP contribution in [0.2, 0.25) is 0 Å². The van der Waals surface area contributed by atoms with E-state index in [1.54, 1.807) is 35.8 Å². The van der Waals surface area contributed by atoms with Crippen molar-refractivity contribution in [2.24, 2.45) is 0 Å². The summed E-state index contributed by atoms with van der Waals surface area (Å²) in [5.41, 5.74) is 2.68. The van der Waals surface area contributed by atoms with E-state index in [4.69, 9.17) is 0 Å². The molecule has 3 heterocycles. The fourth-order valence-electron chi connectivity index (χ4n) is 3.02. The Morgan fingerprint density at radius 1 is 1.10 bits per heavy atom. The number of carbonyl (C=O) groups excluding carboxylic acids is 1. The summed E-state index contributed by atoms with van der Waals surface area (Å²) in [6, 6.07) is 12.7. The van der Waals surface area contributed by atoms with E-state index in [1.807, 2.05) is 36.5 Å². The fraction of sp³-hybridized carbons (Fsp3) is 0.150. The molecule has 4 aromatic rings. The molecule has 0 aliphatic heterocycles. The first-order valence-electron chi connectivity index (χ1n) is 8.98. The van der Waals surface area contributed by atoms with Gasteiger partial charge < -0.3 is 4.90 Å². The van der Waals surface area contributed by atoms with Crippen LogP contribution in [0.3, 0.4) is 0 Å². The van der Waals surface area contributed by atoms with Crippen LogP contribution >= 0.6 is 0 Å². The van der Waals surface area contributed by atoms with E-state index in [1.165, 1.54) is 16.9 Å². The van der Waals surface area contributed by atoms with Crippen LogP contribution in [0.4, 0.5) is 0 Å². The molecule has 0 aliphatic rings. The fourth-order valence-corrected chi connectivity index (χ4v) is 3.02. The van der Waals surface area contributed by atoms with Crippen LogP contribution < -0.4 is 5.56 Å². The normalized spacial score (nSPS) is 10.8. The van der Waals surface area contributed by atoms with Crippen LogP contribution in [0, 0.1) is 6.92 Å². The third-order valence-electron chi connectivity index (χ3n) is 4.54. The largest absolute Gasteiger partial charge is 0.337 e. The van der Waals surface area contributed by atoms with Gasteiger partial charge in [0.05, 0.1) is 29.3 Å². The summed E-state index contributed by atoms with van der Waals surface area (Å²) >= 11 is 0. The number of H-pyrrole nitrogens is 1. The molecule has 0 bridgehead atoms. The van der Waals surface area contributed by atoms with Crippen molar-refractivity contribution in [3.63, 3.8) is 0 Å². The summed E-state index contributed by atoms with van der Waals surface area (Å²) in [6.45, 7) is 2.20. The average molecular weight is 389 g/mol. The van der Waals surface area contributed by atoms with Gasteiger partial charge in [0.1, 0.15) is 0 Å². The topological polar surface area (TPSA) is 102 Å². The van der Waals surface area contributed by atoms with Crippen molar-refractivity contribution in [3.8, 4) is 11.5 Å². The first-order chi connectivity index (χ1) is 14.0. The number of aromatic nitrogens is 6. The predicted octanol–water partition coefficient (Wildman–Crippen LogP) is 1.72. The minimum Gasteiger partial charge on any atom is -0.337 e. The molecule has 29 heavy (non-hydrogen) atoms. The minimum atomic E-state index is -0.300. The van der Waals surface area contributed by atoms with Gasteiger partial charge in [-0.15, -0.1) is 0 Å². The molecular formula is C20H19N7O2. The highest BCUT2D eigenvalue weighted by Gasteiger charge is 2.20.